The van der Waals surface area contributed by atoms with Crippen molar-refractivity contribution in [3.63, 3.8) is 0 Å². The topological polar surface area (TPSA) is 67.4 Å². The van der Waals surface area contributed by atoms with Gasteiger partial charge in [0.25, 0.3) is 0 Å². The Hall–Kier alpha value is -2.18. The van der Waals surface area contributed by atoms with Crippen LogP contribution in [0.25, 0.3) is 0 Å². The van der Waals surface area contributed by atoms with Gasteiger partial charge in [-0.25, -0.2) is 4.79 Å². The Bertz CT molecular complexity index is 740. The van der Waals surface area contributed by atoms with Crippen molar-refractivity contribution in [2.24, 2.45) is 0 Å². The standard InChI is InChI=1S/C18H20N2O3S/c1-23-18(22)16-13-8-5-9-14(13)24-17(16)20-15(21)11-19-10-12-6-3-2-4-7-12/h2-4,6-7,19H,5,8-11H2,1H3,(H,20,21). The molecule has 1 aliphatic rings. The molecule has 0 bridgehead atoms. The molecule has 6 heteroatoms. The summed E-state index contributed by atoms with van der Waals surface area (Å²) < 4.78 is 4.88. The van der Waals surface area contributed by atoms with Gasteiger partial charge in [-0.15, -0.1) is 11.3 Å². The van der Waals surface area contributed by atoms with Crippen molar-refractivity contribution in [2.45, 2.75) is 25.8 Å². The van der Waals surface area contributed by atoms with Crippen LogP contribution in [0.1, 0.15) is 32.8 Å². The van der Waals surface area contributed by atoms with Crippen molar-refractivity contribution >= 4 is 28.2 Å². The van der Waals surface area contributed by atoms with E-state index in [0.29, 0.717) is 17.1 Å². The molecular weight excluding hydrogens is 324 g/mol. The van der Waals surface area contributed by atoms with Gasteiger partial charge in [-0.05, 0) is 30.4 Å². The number of carbonyl (C=O) groups excluding carboxylic acids is 2. The number of hydrogen-bond acceptors (Lipinski definition) is 5. The van der Waals surface area contributed by atoms with Crippen LogP contribution in [-0.2, 0) is 28.9 Å². The fraction of sp³-hybridized carbons (Fsp3) is 0.333. The first kappa shape index (κ1) is 16.7. The van der Waals surface area contributed by atoms with Crippen LogP contribution in [0.5, 0.6) is 0 Å². The fourth-order valence-electron chi connectivity index (χ4n) is 2.90. The molecule has 1 heterocycles. The molecule has 0 radical (unpaired) electrons. The van der Waals surface area contributed by atoms with Crippen LogP contribution < -0.4 is 10.6 Å². The van der Waals surface area contributed by atoms with E-state index in [0.717, 1.165) is 30.4 Å². The molecule has 0 saturated carbocycles. The summed E-state index contributed by atoms with van der Waals surface area (Å²) in [5.41, 5.74) is 2.70. The lowest BCUT2D eigenvalue weighted by atomic mass is 10.1. The minimum atomic E-state index is -0.373. The van der Waals surface area contributed by atoms with E-state index in [9.17, 15) is 9.59 Å². The number of amides is 1. The summed E-state index contributed by atoms with van der Waals surface area (Å²) in [5.74, 6) is -0.530. The van der Waals surface area contributed by atoms with Gasteiger partial charge < -0.3 is 15.4 Å². The van der Waals surface area contributed by atoms with Gasteiger partial charge in [-0.3, -0.25) is 4.79 Å². The van der Waals surface area contributed by atoms with Crippen LogP contribution in [0.3, 0.4) is 0 Å². The molecule has 3 rings (SSSR count). The number of carbonyl (C=O) groups is 2. The lowest BCUT2D eigenvalue weighted by molar-refractivity contribution is -0.115. The average Bonchev–Trinajstić information content (AvgIpc) is 3.15. The number of nitrogens with one attached hydrogen (secondary N) is 2. The van der Waals surface area contributed by atoms with E-state index in [1.54, 1.807) is 0 Å². The maximum atomic E-state index is 12.2. The molecule has 1 aromatic heterocycles. The normalized spacial score (nSPS) is 12.7. The van der Waals surface area contributed by atoms with Crippen LogP contribution >= 0.6 is 11.3 Å². The van der Waals surface area contributed by atoms with Gasteiger partial charge in [-0.2, -0.15) is 0 Å². The first-order valence-electron chi connectivity index (χ1n) is 7.96. The second-order valence-corrected chi connectivity index (χ2v) is 6.80. The largest absolute Gasteiger partial charge is 0.465 e. The summed E-state index contributed by atoms with van der Waals surface area (Å²) in [6.45, 7) is 0.817. The second kappa shape index (κ2) is 7.59. The Morgan fingerprint density at radius 1 is 1.21 bits per heavy atom. The van der Waals surface area contributed by atoms with E-state index in [1.165, 1.54) is 23.3 Å². The van der Waals surface area contributed by atoms with Crippen LogP contribution in [0.2, 0.25) is 0 Å². The highest BCUT2D eigenvalue weighted by atomic mass is 32.1. The molecule has 1 amide bonds. The number of aryl methyl sites for hydroxylation is 1. The number of thiophene rings is 1. The highest BCUT2D eigenvalue weighted by Gasteiger charge is 2.27. The summed E-state index contributed by atoms with van der Waals surface area (Å²) in [6.07, 6.45) is 2.89. The first-order valence-corrected chi connectivity index (χ1v) is 8.78. The Morgan fingerprint density at radius 2 is 2.00 bits per heavy atom. The number of anilines is 1. The monoisotopic (exact) mass is 344 g/mol. The molecule has 5 nitrogen and oxygen atoms in total. The van der Waals surface area contributed by atoms with E-state index in [2.05, 4.69) is 10.6 Å². The maximum Gasteiger partial charge on any atom is 0.341 e. The lowest BCUT2D eigenvalue weighted by Gasteiger charge is -2.08. The number of esters is 1. The van der Waals surface area contributed by atoms with Gasteiger partial charge in [0, 0.05) is 11.4 Å². The zero-order valence-corrected chi connectivity index (χ0v) is 14.4. The zero-order chi connectivity index (χ0) is 16.9. The van der Waals surface area contributed by atoms with Crippen LogP contribution in [0, 0.1) is 0 Å². The number of benzene rings is 1. The lowest BCUT2D eigenvalue weighted by Crippen LogP contribution is -2.28. The molecule has 24 heavy (non-hydrogen) atoms. The van der Waals surface area contributed by atoms with Crippen molar-refractivity contribution in [1.82, 2.24) is 5.32 Å². The summed E-state index contributed by atoms with van der Waals surface area (Å²) in [5, 5.41) is 6.58. The SMILES string of the molecule is COC(=O)c1c(NC(=O)CNCc2ccccc2)sc2c1CCC2. The summed E-state index contributed by atoms with van der Waals surface area (Å²) in [6, 6.07) is 9.90. The van der Waals surface area contributed by atoms with Gasteiger partial charge in [0.05, 0.1) is 19.2 Å². The van der Waals surface area contributed by atoms with Gasteiger partial charge in [0.2, 0.25) is 5.91 Å². The Labute approximate surface area is 145 Å². The number of hydrogen-bond donors (Lipinski definition) is 2. The fourth-order valence-corrected chi connectivity index (χ4v) is 4.19. The van der Waals surface area contributed by atoms with E-state index >= 15 is 0 Å². The average molecular weight is 344 g/mol. The minimum absolute atomic E-state index is 0.156. The third-order valence-corrected chi connectivity index (χ3v) is 5.23. The van der Waals surface area contributed by atoms with Crippen LogP contribution in [-0.4, -0.2) is 25.5 Å². The molecule has 0 saturated heterocycles. The van der Waals surface area contributed by atoms with Crippen LogP contribution in [0.15, 0.2) is 30.3 Å². The predicted octanol–water partition coefficient (Wildman–Crippen LogP) is 2.75. The molecule has 0 fully saturated rings. The molecule has 2 aromatic rings. The van der Waals surface area contributed by atoms with Crippen molar-refractivity contribution < 1.29 is 14.3 Å². The van der Waals surface area contributed by atoms with Gasteiger partial charge in [-0.1, -0.05) is 30.3 Å². The van der Waals surface area contributed by atoms with Crippen LogP contribution in [0.4, 0.5) is 5.00 Å². The van der Waals surface area contributed by atoms with Gasteiger partial charge >= 0.3 is 5.97 Å². The third-order valence-electron chi connectivity index (χ3n) is 4.02. The summed E-state index contributed by atoms with van der Waals surface area (Å²) >= 11 is 1.49. The summed E-state index contributed by atoms with van der Waals surface area (Å²) in [4.78, 5) is 25.4. The molecule has 1 aliphatic carbocycles. The number of fused-ring (bicyclic) bond motifs is 1. The molecule has 0 spiro atoms. The quantitative estimate of drug-likeness (QED) is 0.791. The van der Waals surface area contributed by atoms with Crippen molar-refractivity contribution in [2.75, 3.05) is 19.0 Å². The first-order chi connectivity index (χ1) is 11.7. The molecule has 0 atom stereocenters. The highest BCUT2D eigenvalue weighted by Crippen LogP contribution is 2.39. The number of ether oxygens (including phenoxy) is 1. The summed E-state index contributed by atoms with van der Waals surface area (Å²) in [7, 11) is 1.37. The Kier molecular flexibility index (Phi) is 5.27. The maximum absolute atomic E-state index is 12.2. The van der Waals surface area contributed by atoms with E-state index < -0.39 is 0 Å². The zero-order valence-electron chi connectivity index (χ0n) is 13.6. The molecule has 1 aromatic carbocycles. The second-order valence-electron chi connectivity index (χ2n) is 5.69. The smallest absolute Gasteiger partial charge is 0.341 e. The molecule has 126 valence electrons. The van der Waals surface area contributed by atoms with E-state index in [-0.39, 0.29) is 18.4 Å². The number of methoxy groups -OCH3 is 1. The Morgan fingerprint density at radius 3 is 2.75 bits per heavy atom. The third kappa shape index (κ3) is 3.66. The van der Waals surface area contributed by atoms with Crippen molar-refractivity contribution in [3.05, 3.63) is 51.9 Å². The predicted molar refractivity (Wildman–Crippen MR) is 94.5 cm³/mol. The highest BCUT2D eigenvalue weighted by molar-refractivity contribution is 7.17. The van der Waals surface area contributed by atoms with Crippen molar-refractivity contribution in [3.8, 4) is 0 Å². The van der Waals surface area contributed by atoms with E-state index in [1.807, 2.05) is 30.3 Å². The molecule has 2 N–H and O–H groups in total. The van der Waals surface area contributed by atoms with Gasteiger partial charge in [0.15, 0.2) is 0 Å². The Balaban J connectivity index is 1.61. The van der Waals surface area contributed by atoms with Crippen molar-refractivity contribution in [1.29, 1.82) is 0 Å². The molecule has 0 unspecified atom stereocenters. The molecular formula is C18H20N2O3S. The van der Waals surface area contributed by atoms with Gasteiger partial charge in [0.1, 0.15) is 5.00 Å². The minimum Gasteiger partial charge on any atom is -0.465 e. The number of rotatable bonds is 6. The van der Waals surface area contributed by atoms with E-state index in [4.69, 9.17) is 4.74 Å². The molecule has 0 aliphatic heterocycles.